The number of carbonyl (C=O) groups is 1. The van der Waals surface area contributed by atoms with Crippen LogP contribution in [0, 0.1) is 29.1 Å². The number of likely N-dealkylation sites (tertiary alicyclic amines) is 1. The standard InChI is InChI=1S/C29H34FN9O/c1-38-27(35-36-37-38)22-10-14-24(15-11-22)33-29(32-19-31)34-26-7-3-2-6-25(26)28(40)39-16-4-5-21(18-39)17-20-8-12-23(30)13-9-20/h8-15,21,25-26H,2-7,16-18H2,1H3,(H2,32,33,34). The van der Waals surface area contributed by atoms with Gasteiger partial charge in [0.2, 0.25) is 11.9 Å². The molecule has 0 spiro atoms. The third-order valence-electron chi connectivity index (χ3n) is 7.81. The van der Waals surface area contributed by atoms with E-state index in [4.69, 9.17) is 4.99 Å². The van der Waals surface area contributed by atoms with Crippen LogP contribution in [0.2, 0.25) is 0 Å². The third kappa shape index (κ3) is 6.62. The summed E-state index contributed by atoms with van der Waals surface area (Å²) in [6.45, 7) is 1.46. The van der Waals surface area contributed by atoms with Gasteiger partial charge in [0.25, 0.3) is 0 Å². The maximum Gasteiger partial charge on any atom is 0.227 e. The minimum atomic E-state index is -0.232. The Labute approximate surface area is 233 Å². The normalized spacial score (nSPS) is 21.5. The van der Waals surface area contributed by atoms with Crippen LogP contribution in [-0.2, 0) is 18.3 Å². The zero-order chi connectivity index (χ0) is 27.9. The number of amides is 1. The van der Waals surface area contributed by atoms with Crippen molar-refractivity contribution < 1.29 is 9.18 Å². The molecule has 40 heavy (non-hydrogen) atoms. The second kappa shape index (κ2) is 12.7. The first-order valence-electron chi connectivity index (χ1n) is 13.9. The van der Waals surface area contributed by atoms with Crippen LogP contribution in [0.3, 0.4) is 0 Å². The molecule has 3 unspecified atom stereocenters. The van der Waals surface area contributed by atoms with Crippen LogP contribution >= 0.6 is 0 Å². The number of benzene rings is 2. The lowest BCUT2D eigenvalue weighted by atomic mass is 9.82. The number of rotatable bonds is 6. The number of aryl methyl sites for hydroxylation is 1. The Morgan fingerprint density at radius 1 is 1.10 bits per heavy atom. The number of aromatic nitrogens is 4. The molecule has 2 fully saturated rings. The Bertz CT molecular complexity index is 1360. The van der Waals surface area contributed by atoms with Crippen molar-refractivity contribution in [1.82, 2.24) is 30.4 Å². The van der Waals surface area contributed by atoms with Gasteiger partial charge in [0.1, 0.15) is 5.82 Å². The van der Waals surface area contributed by atoms with Gasteiger partial charge in [0, 0.05) is 31.4 Å². The van der Waals surface area contributed by atoms with E-state index >= 15 is 0 Å². The number of halogens is 1. The van der Waals surface area contributed by atoms with Crippen molar-refractivity contribution in [3.05, 3.63) is 59.9 Å². The van der Waals surface area contributed by atoms with E-state index in [2.05, 4.69) is 26.2 Å². The van der Waals surface area contributed by atoms with Crippen LogP contribution in [0.15, 0.2) is 53.5 Å². The molecule has 0 bridgehead atoms. The summed E-state index contributed by atoms with van der Waals surface area (Å²) >= 11 is 0. The summed E-state index contributed by atoms with van der Waals surface area (Å²) in [5.74, 6) is 1.03. The van der Waals surface area contributed by atoms with Crippen molar-refractivity contribution in [2.45, 2.75) is 51.0 Å². The first-order valence-corrected chi connectivity index (χ1v) is 13.9. The van der Waals surface area contributed by atoms with E-state index in [1.807, 2.05) is 47.5 Å². The number of hydrogen-bond acceptors (Lipinski definition) is 6. The zero-order valence-electron chi connectivity index (χ0n) is 22.6. The molecule has 5 rings (SSSR count). The number of piperidine rings is 1. The molecule has 1 aromatic heterocycles. The zero-order valence-corrected chi connectivity index (χ0v) is 22.6. The molecule has 1 amide bonds. The average molecular weight is 544 g/mol. The van der Waals surface area contributed by atoms with Gasteiger partial charge in [0.05, 0.1) is 12.0 Å². The van der Waals surface area contributed by atoms with E-state index in [1.54, 1.807) is 11.7 Å². The molecule has 1 saturated heterocycles. The number of nitriles is 1. The number of hydrogen-bond donors (Lipinski definition) is 2. The van der Waals surface area contributed by atoms with E-state index in [-0.39, 0.29) is 23.7 Å². The molecule has 1 aliphatic heterocycles. The van der Waals surface area contributed by atoms with Crippen LogP contribution in [0.25, 0.3) is 11.4 Å². The molecule has 11 heteroatoms. The molecule has 1 saturated carbocycles. The summed E-state index contributed by atoms with van der Waals surface area (Å²) in [7, 11) is 1.78. The molecule has 2 N–H and O–H groups in total. The minimum absolute atomic E-state index is 0.148. The lowest BCUT2D eigenvalue weighted by Gasteiger charge is -2.38. The number of nitrogens with one attached hydrogen (secondary N) is 2. The van der Waals surface area contributed by atoms with Gasteiger partial charge >= 0.3 is 0 Å². The van der Waals surface area contributed by atoms with Crippen molar-refractivity contribution in [3.8, 4) is 17.6 Å². The summed E-state index contributed by atoms with van der Waals surface area (Å²) in [6.07, 6.45) is 8.37. The van der Waals surface area contributed by atoms with E-state index in [0.717, 1.165) is 68.3 Å². The summed E-state index contributed by atoms with van der Waals surface area (Å²) in [5, 5.41) is 26.8. The van der Waals surface area contributed by atoms with Gasteiger partial charge in [-0.1, -0.05) is 25.0 Å². The van der Waals surface area contributed by atoms with E-state index < -0.39 is 0 Å². The van der Waals surface area contributed by atoms with Crippen LogP contribution in [0.1, 0.15) is 44.1 Å². The number of guanidine groups is 1. The summed E-state index contributed by atoms with van der Waals surface area (Å²) < 4.78 is 14.9. The largest absolute Gasteiger partial charge is 0.342 e. The van der Waals surface area contributed by atoms with Crippen molar-refractivity contribution in [1.29, 1.82) is 5.26 Å². The van der Waals surface area contributed by atoms with E-state index in [1.165, 1.54) is 12.1 Å². The van der Waals surface area contributed by atoms with E-state index in [0.29, 0.717) is 24.2 Å². The highest BCUT2D eigenvalue weighted by Crippen LogP contribution is 2.31. The second-order valence-electron chi connectivity index (χ2n) is 10.6. The predicted octanol–water partition coefficient (Wildman–Crippen LogP) is 3.89. The lowest BCUT2D eigenvalue weighted by Crippen LogP contribution is -2.47. The van der Waals surface area contributed by atoms with Gasteiger partial charge < -0.3 is 10.2 Å². The molecule has 3 aromatic rings. The number of carbonyl (C=O) groups excluding carboxylic acids is 1. The first-order chi connectivity index (χ1) is 19.5. The van der Waals surface area contributed by atoms with Crippen molar-refractivity contribution in [2.24, 2.45) is 23.9 Å². The minimum Gasteiger partial charge on any atom is -0.342 e. The maximum absolute atomic E-state index is 13.8. The average Bonchev–Trinajstić information content (AvgIpc) is 3.40. The molecule has 1 aliphatic carbocycles. The number of aliphatic imine (C=N–C) groups is 1. The van der Waals surface area contributed by atoms with Crippen molar-refractivity contribution >= 4 is 17.6 Å². The molecular weight excluding hydrogens is 509 g/mol. The Morgan fingerprint density at radius 3 is 2.60 bits per heavy atom. The smallest absolute Gasteiger partial charge is 0.227 e. The predicted molar refractivity (Wildman–Crippen MR) is 149 cm³/mol. The fraction of sp³-hybridized carbons (Fsp3) is 0.448. The van der Waals surface area contributed by atoms with Crippen LogP contribution < -0.4 is 10.6 Å². The van der Waals surface area contributed by atoms with Gasteiger partial charge in [-0.05, 0) is 90.4 Å². The van der Waals surface area contributed by atoms with E-state index in [9.17, 15) is 14.4 Å². The molecule has 208 valence electrons. The second-order valence-corrected chi connectivity index (χ2v) is 10.6. The highest BCUT2D eigenvalue weighted by Gasteiger charge is 2.36. The Kier molecular flexibility index (Phi) is 8.64. The molecule has 3 atom stereocenters. The highest BCUT2D eigenvalue weighted by molar-refractivity contribution is 5.95. The van der Waals surface area contributed by atoms with Gasteiger partial charge in [-0.25, -0.2) is 14.1 Å². The molecule has 2 aliphatic rings. The van der Waals surface area contributed by atoms with Crippen LogP contribution in [0.5, 0.6) is 0 Å². The van der Waals surface area contributed by atoms with Gasteiger partial charge in [-0.2, -0.15) is 5.26 Å². The molecule has 0 radical (unpaired) electrons. The Morgan fingerprint density at radius 2 is 1.88 bits per heavy atom. The van der Waals surface area contributed by atoms with Crippen molar-refractivity contribution in [2.75, 3.05) is 18.4 Å². The first kappa shape index (κ1) is 27.2. The van der Waals surface area contributed by atoms with Crippen LogP contribution in [0.4, 0.5) is 10.1 Å². The highest BCUT2D eigenvalue weighted by atomic mass is 19.1. The fourth-order valence-electron chi connectivity index (χ4n) is 5.80. The summed E-state index contributed by atoms with van der Waals surface area (Å²) in [6, 6.07) is 14.0. The maximum atomic E-state index is 13.8. The fourth-order valence-corrected chi connectivity index (χ4v) is 5.80. The van der Waals surface area contributed by atoms with Crippen LogP contribution in [-0.4, -0.2) is 56.1 Å². The summed E-state index contributed by atoms with van der Waals surface area (Å²) in [5.41, 5.74) is 2.71. The number of nitrogens with zero attached hydrogens (tertiary/aromatic N) is 7. The lowest BCUT2D eigenvalue weighted by molar-refractivity contribution is -0.139. The quantitative estimate of drug-likeness (QED) is 0.209. The van der Waals surface area contributed by atoms with Gasteiger partial charge in [-0.15, -0.1) is 5.10 Å². The van der Waals surface area contributed by atoms with Gasteiger partial charge in [-0.3, -0.25) is 10.1 Å². The third-order valence-corrected chi connectivity index (χ3v) is 7.81. The van der Waals surface area contributed by atoms with Gasteiger partial charge in [0.15, 0.2) is 12.0 Å². The molecular formula is C29H34FN9O. The van der Waals surface area contributed by atoms with Crippen molar-refractivity contribution in [3.63, 3.8) is 0 Å². The number of tetrazole rings is 1. The molecule has 2 heterocycles. The monoisotopic (exact) mass is 543 g/mol. The Hall–Kier alpha value is -4.33. The topological polar surface area (TPSA) is 124 Å². The molecule has 10 nitrogen and oxygen atoms in total. The Balaban J connectivity index is 1.26. The summed E-state index contributed by atoms with van der Waals surface area (Å²) in [4.78, 5) is 20.6. The molecule has 2 aromatic carbocycles. The SMILES string of the molecule is Cn1nnnc1-c1ccc(NC(=NC2CCCCC2C(=O)N2CCCC(Cc3ccc(F)cc3)C2)NC#N)cc1. The number of anilines is 1.